The summed E-state index contributed by atoms with van der Waals surface area (Å²) < 4.78 is 37.9. The molecule has 0 unspecified atom stereocenters. The summed E-state index contributed by atoms with van der Waals surface area (Å²) in [5.74, 6) is -1.94. The summed E-state index contributed by atoms with van der Waals surface area (Å²) in [5.41, 5.74) is -0.139. The Morgan fingerprint density at radius 1 is 1.44 bits per heavy atom. The number of phenolic OH excluding ortho intramolecular Hbond substituents is 1. The molecule has 2 rings (SSSR count). The second-order valence-corrected chi connectivity index (χ2v) is 4.76. The maximum Gasteiger partial charge on any atom is 0.326 e. The lowest BCUT2D eigenvalue weighted by molar-refractivity contribution is -0.117. The maximum atomic E-state index is 12.7. The highest BCUT2D eigenvalue weighted by atomic mass is 32.2. The van der Waals surface area contributed by atoms with Crippen molar-refractivity contribution in [1.29, 1.82) is 0 Å². The van der Waals surface area contributed by atoms with E-state index in [0.29, 0.717) is 4.31 Å². The number of halogens is 1. The second-order valence-electron chi connectivity index (χ2n) is 3.17. The standard InChI is InChI=1S/C8H7FN2O4S/c9-5-1-2-6(7(12)3-5)11-4-8(13)10-16(11,14)15/h1-3,12H,4H2,(H,10,13). The molecule has 1 aliphatic rings. The monoisotopic (exact) mass is 246 g/mol. The lowest BCUT2D eigenvalue weighted by Gasteiger charge is -2.15. The van der Waals surface area contributed by atoms with Crippen LogP contribution in [0, 0.1) is 5.82 Å². The van der Waals surface area contributed by atoms with Gasteiger partial charge in [0.1, 0.15) is 18.1 Å². The minimum absolute atomic E-state index is 0.139. The molecule has 1 fully saturated rings. The average Bonchev–Trinajstić information content (AvgIpc) is 2.39. The van der Waals surface area contributed by atoms with Crippen molar-refractivity contribution in [2.75, 3.05) is 10.8 Å². The fourth-order valence-corrected chi connectivity index (χ4v) is 2.53. The number of rotatable bonds is 1. The Labute approximate surface area is 90.5 Å². The molecule has 1 heterocycles. The van der Waals surface area contributed by atoms with Crippen LogP contribution in [0.1, 0.15) is 0 Å². The number of benzene rings is 1. The van der Waals surface area contributed by atoms with Gasteiger partial charge in [-0.2, -0.15) is 8.42 Å². The summed E-state index contributed by atoms with van der Waals surface area (Å²) in [6.45, 7) is -0.429. The number of nitrogens with one attached hydrogen (secondary N) is 1. The number of nitrogens with zero attached hydrogens (tertiary/aromatic N) is 1. The van der Waals surface area contributed by atoms with Crippen LogP contribution >= 0.6 is 0 Å². The van der Waals surface area contributed by atoms with E-state index in [9.17, 15) is 22.7 Å². The number of hydrogen-bond donors (Lipinski definition) is 2. The first-order chi connectivity index (χ1) is 7.40. The average molecular weight is 246 g/mol. The molecule has 86 valence electrons. The van der Waals surface area contributed by atoms with Crippen LogP contribution in [0.15, 0.2) is 18.2 Å². The largest absolute Gasteiger partial charge is 0.506 e. The van der Waals surface area contributed by atoms with E-state index >= 15 is 0 Å². The van der Waals surface area contributed by atoms with Crippen LogP contribution in [0.5, 0.6) is 5.75 Å². The summed E-state index contributed by atoms with van der Waals surface area (Å²) in [6.07, 6.45) is 0. The molecule has 1 aromatic carbocycles. The normalized spacial score (nSPS) is 18.6. The third-order valence-electron chi connectivity index (χ3n) is 2.03. The lowest BCUT2D eigenvalue weighted by atomic mass is 10.3. The van der Waals surface area contributed by atoms with Crippen molar-refractivity contribution in [2.45, 2.75) is 0 Å². The fourth-order valence-electron chi connectivity index (χ4n) is 1.37. The number of anilines is 1. The van der Waals surface area contributed by atoms with Gasteiger partial charge < -0.3 is 5.11 Å². The molecule has 2 N–H and O–H groups in total. The smallest absolute Gasteiger partial charge is 0.326 e. The second kappa shape index (κ2) is 3.34. The highest BCUT2D eigenvalue weighted by Gasteiger charge is 2.35. The van der Waals surface area contributed by atoms with E-state index in [1.807, 2.05) is 0 Å². The third kappa shape index (κ3) is 1.67. The highest BCUT2D eigenvalue weighted by molar-refractivity contribution is 7.92. The van der Waals surface area contributed by atoms with E-state index in [1.165, 1.54) is 0 Å². The molecule has 1 amide bonds. The molecule has 0 saturated carbocycles. The SMILES string of the molecule is O=C1CN(c2ccc(F)cc2O)S(=O)(=O)N1. The predicted molar refractivity (Wildman–Crippen MR) is 52.5 cm³/mol. The zero-order valence-corrected chi connectivity index (χ0v) is 8.66. The molecule has 1 aliphatic heterocycles. The Kier molecular flexibility index (Phi) is 2.23. The number of hydrogen-bond acceptors (Lipinski definition) is 4. The molecule has 0 aromatic heterocycles. The molecule has 0 spiro atoms. The summed E-state index contributed by atoms with van der Waals surface area (Å²) in [4.78, 5) is 10.9. The first kappa shape index (κ1) is 10.7. The van der Waals surface area contributed by atoms with Crippen molar-refractivity contribution in [3.05, 3.63) is 24.0 Å². The van der Waals surface area contributed by atoms with Gasteiger partial charge in [-0.15, -0.1) is 0 Å². The fraction of sp³-hybridized carbons (Fsp3) is 0.125. The molecule has 0 atom stereocenters. The summed E-state index contributed by atoms with van der Waals surface area (Å²) in [7, 11) is -3.97. The van der Waals surface area contributed by atoms with E-state index in [0.717, 1.165) is 18.2 Å². The lowest BCUT2D eigenvalue weighted by Crippen LogP contribution is -2.29. The summed E-state index contributed by atoms with van der Waals surface area (Å²) >= 11 is 0. The molecule has 16 heavy (non-hydrogen) atoms. The Morgan fingerprint density at radius 3 is 2.62 bits per heavy atom. The van der Waals surface area contributed by atoms with Crippen molar-refractivity contribution in [1.82, 2.24) is 4.72 Å². The Hall–Kier alpha value is -1.83. The van der Waals surface area contributed by atoms with Gasteiger partial charge in [0.15, 0.2) is 0 Å². The van der Waals surface area contributed by atoms with Crippen LogP contribution in [0.25, 0.3) is 0 Å². The van der Waals surface area contributed by atoms with Crippen LogP contribution < -0.4 is 9.03 Å². The van der Waals surface area contributed by atoms with Gasteiger partial charge in [-0.25, -0.2) is 13.4 Å². The van der Waals surface area contributed by atoms with E-state index < -0.39 is 34.2 Å². The van der Waals surface area contributed by atoms with Gasteiger partial charge in [0, 0.05) is 6.07 Å². The van der Waals surface area contributed by atoms with Crippen molar-refractivity contribution in [3.63, 3.8) is 0 Å². The minimum Gasteiger partial charge on any atom is -0.506 e. The molecule has 0 bridgehead atoms. The van der Waals surface area contributed by atoms with Gasteiger partial charge in [-0.1, -0.05) is 0 Å². The Morgan fingerprint density at radius 2 is 2.12 bits per heavy atom. The van der Waals surface area contributed by atoms with E-state index in [2.05, 4.69) is 0 Å². The Balaban J connectivity index is 2.49. The van der Waals surface area contributed by atoms with Crippen LogP contribution in [0.4, 0.5) is 10.1 Å². The number of aromatic hydroxyl groups is 1. The number of amides is 1. The maximum absolute atomic E-state index is 12.7. The molecule has 1 saturated heterocycles. The van der Waals surface area contributed by atoms with Gasteiger partial charge in [-0.3, -0.25) is 4.79 Å². The van der Waals surface area contributed by atoms with E-state index in [-0.39, 0.29) is 5.69 Å². The highest BCUT2D eigenvalue weighted by Crippen LogP contribution is 2.30. The van der Waals surface area contributed by atoms with Crippen molar-refractivity contribution in [3.8, 4) is 5.75 Å². The van der Waals surface area contributed by atoms with Gasteiger partial charge in [-0.05, 0) is 12.1 Å². The summed E-state index contributed by atoms with van der Waals surface area (Å²) in [5, 5.41) is 9.39. The van der Waals surface area contributed by atoms with Gasteiger partial charge in [0.05, 0.1) is 5.69 Å². The molecule has 1 aromatic rings. The number of phenols is 1. The Bertz CT molecular complexity index is 557. The van der Waals surface area contributed by atoms with Gasteiger partial charge in [0.2, 0.25) is 0 Å². The van der Waals surface area contributed by atoms with E-state index in [1.54, 1.807) is 4.72 Å². The molecular weight excluding hydrogens is 239 g/mol. The van der Waals surface area contributed by atoms with Crippen LogP contribution in [0.3, 0.4) is 0 Å². The molecule has 6 nitrogen and oxygen atoms in total. The van der Waals surface area contributed by atoms with Crippen molar-refractivity contribution in [2.24, 2.45) is 0 Å². The topological polar surface area (TPSA) is 86.7 Å². The molecule has 8 heteroatoms. The predicted octanol–water partition coefficient (Wildman–Crippen LogP) is -0.288. The zero-order chi connectivity index (χ0) is 11.9. The molecular formula is C8H7FN2O4S. The van der Waals surface area contributed by atoms with Crippen LogP contribution in [-0.2, 0) is 15.0 Å². The van der Waals surface area contributed by atoms with Gasteiger partial charge >= 0.3 is 10.2 Å². The van der Waals surface area contributed by atoms with E-state index in [4.69, 9.17) is 0 Å². The van der Waals surface area contributed by atoms with Gasteiger partial charge in [0.25, 0.3) is 5.91 Å². The van der Waals surface area contributed by atoms with Crippen molar-refractivity contribution >= 4 is 21.8 Å². The van der Waals surface area contributed by atoms with Crippen LogP contribution in [0.2, 0.25) is 0 Å². The minimum atomic E-state index is -3.97. The zero-order valence-electron chi connectivity index (χ0n) is 7.84. The first-order valence-electron chi connectivity index (χ1n) is 4.22. The quantitative estimate of drug-likeness (QED) is 0.713. The number of carbonyl (C=O) groups is 1. The first-order valence-corrected chi connectivity index (χ1v) is 5.66. The van der Waals surface area contributed by atoms with Crippen molar-refractivity contribution < 1.29 is 22.7 Å². The third-order valence-corrected chi connectivity index (χ3v) is 3.42. The summed E-state index contributed by atoms with van der Waals surface area (Å²) in [6, 6.07) is 2.85. The molecule has 0 radical (unpaired) electrons. The number of carbonyl (C=O) groups excluding carboxylic acids is 1. The molecule has 0 aliphatic carbocycles. The van der Waals surface area contributed by atoms with Crippen LogP contribution in [-0.4, -0.2) is 26.0 Å².